The summed E-state index contributed by atoms with van der Waals surface area (Å²) in [4.78, 5) is 0. The van der Waals surface area contributed by atoms with Crippen LogP contribution in [0, 0.1) is 5.92 Å². The zero-order valence-corrected chi connectivity index (χ0v) is 14.9. The maximum atomic E-state index is 5.63. The quantitative estimate of drug-likeness (QED) is 0.740. The summed E-state index contributed by atoms with van der Waals surface area (Å²) in [5, 5.41) is 2.75. The van der Waals surface area contributed by atoms with E-state index in [2.05, 4.69) is 63.2 Å². The van der Waals surface area contributed by atoms with Gasteiger partial charge in [0.25, 0.3) is 0 Å². The van der Waals surface area contributed by atoms with Gasteiger partial charge in [0.15, 0.2) is 0 Å². The number of benzene rings is 2. The number of hydrogen-bond acceptors (Lipinski definition) is 2. The summed E-state index contributed by atoms with van der Waals surface area (Å²) in [6.07, 6.45) is 1.05. The first-order valence-electron chi connectivity index (χ1n) is 7.53. The van der Waals surface area contributed by atoms with Gasteiger partial charge in [0.2, 0.25) is 0 Å². The lowest BCUT2D eigenvalue weighted by molar-refractivity contribution is 0.223. The highest BCUT2D eigenvalue weighted by Crippen LogP contribution is 2.40. The van der Waals surface area contributed by atoms with Crippen LogP contribution in [0.4, 0.5) is 0 Å². The molecular weight excluding hydrogens is 276 g/mol. The summed E-state index contributed by atoms with van der Waals surface area (Å²) in [6.45, 7) is 6.85. The Labute approximate surface area is 129 Å². The highest BCUT2D eigenvalue weighted by Gasteiger charge is 2.38. The minimum atomic E-state index is -1.66. The van der Waals surface area contributed by atoms with E-state index in [-0.39, 0.29) is 5.04 Å². The molecule has 0 aliphatic carbocycles. The third-order valence-corrected chi connectivity index (χ3v) is 7.35. The second-order valence-electron chi connectivity index (χ2n) is 6.37. The molecule has 0 amide bonds. The highest BCUT2D eigenvalue weighted by molar-refractivity contribution is 6.48. The smallest absolute Gasteiger partial charge is 0.327 e. The van der Waals surface area contributed by atoms with Gasteiger partial charge in [-0.25, -0.2) is 0 Å². The molecule has 0 radical (unpaired) electrons. The average Bonchev–Trinajstić information content (AvgIpc) is 2.48. The molecule has 114 valence electrons. The van der Waals surface area contributed by atoms with Crippen LogP contribution >= 0.6 is 0 Å². The Kier molecular flexibility index (Phi) is 5.20. The van der Waals surface area contributed by atoms with E-state index in [1.165, 1.54) is 16.3 Å². The maximum absolute atomic E-state index is 5.63. The molecule has 2 nitrogen and oxygen atoms in total. The standard InChI is InChI=1S/C18H26O2Si/c1-14(18(2,3)21(19-4)20-5)13-16-11-8-10-15-9-6-7-12-17(15)16/h6-12,14,21H,13H2,1-5H3. The van der Waals surface area contributed by atoms with E-state index in [4.69, 9.17) is 8.85 Å². The molecule has 2 aromatic rings. The van der Waals surface area contributed by atoms with Crippen molar-refractivity contribution in [1.82, 2.24) is 0 Å². The number of rotatable bonds is 6. The van der Waals surface area contributed by atoms with Crippen LogP contribution in [0.3, 0.4) is 0 Å². The Morgan fingerprint density at radius 2 is 1.62 bits per heavy atom. The zero-order chi connectivity index (χ0) is 15.5. The summed E-state index contributed by atoms with van der Waals surface area (Å²) >= 11 is 0. The van der Waals surface area contributed by atoms with Crippen LogP contribution in [0.1, 0.15) is 26.3 Å². The minimum absolute atomic E-state index is 0.0838. The lowest BCUT2D eigenvalue weighted by atomic mass is 9.88. The largest absolute Gasteiger partial charge is 0.400 e. The van der Waals surface area contributed by atoms with Crippen LogP contribution in [0.5, 0.6) is 0 Å². The number of fused-ring (bicyclic) bond motifs is 1. The van der Waals surface area contributed by atoms with E-state index in [0.717, 1.165) is 6.42 Å². The molecule has 2 aromatic carbocycles. The predicted molar refractivity (Wildman–Crippen MR) is 92.0 cm³/mol. The lowest BCUT2D eigenvalue weighted by Crippen LogP contribution is -2.38. The molecular formula is C18H26O2Si. The van der Waals surface area contributed by atoms with Crippen molar-refractivity contribution in [2.75, 3.05) is 14.2 Å². The van der Waals surface area contributed by atoms with Crippen molar-refractivity contribution in [3.05, 3.63) is 48.0 Å². The topological polar surface area (TPSA) is 18.5 Å². The van der Waals surface area contributed by atoms with Crippen LogP contribution < -0.4 is 0 Å². The second kappa shape index (κ2) is 6.73. The molecule has 0 heterocycles. The summed E-state index contributed by atoms with van der Waals surface area (Å²) in [7, 11) is 1.88. The van der Waals surface area contributed by atoms with E-state index < -0.39 is 9.28 Å². The van der Waals surface area contributed by atoms with Gasteiger partial charge in [-0.1, -0.05) is 63.2 Å². The molecule has 1 unspecified atom stereocenters. The molecule has 21 heavy (non-hydrogen) atoms. The lowest BCUT2D eigenvalue weighted by Gasteiger charge is -2.36. The summed E-state index contributed by atoms with van der Waals surface area (Å²) in [5.41, 5.74) is 1.41. The third-order valence-electron chi connectivity index (χ3n) is 4.71. The highest BCUT2D eigenvalue weighted by atomic mass is 28.3. The van der Waals surface area contributed by atoms with Crippen molar-refractivity contribution in [2.24, 2.45) is 5.92 Å². The van der Waals surface area contributed by atoms with Crippen molar-refractivity contribution in [1.29, 1.82) is 0 Å². The average molecular weight is 302 g/mol. The molecule has 0 aliphatic heterocycles. The molecule has 0 bridgehead atoms. The first kappa shape index (κ1) is 16.2. The fourth-order valence-corrected chi connectivity index (χ4v) is 4.99. The molecule has 0 N–H and O–H groups in total. The van der Waals surface area contributed by atoms with Crippen molar-refractivity contribution in [3.8, 4) is 0 Å². The van der Waals surface area contributed by atoms with Gasteiger partial charge in [-0.2, -0.15) is 0 Å². The Morgan fingerprint density at radius 1 is 1.00 bits per heavy atom. The molecule has 0 aromatic heterocycles. The molecule has 0 fully saturated rings. The Hall–Kier alpha value is -1.16. The van der Waals surface area contributed by atoms with Crippen LogP contribution in [0.15, 0.2) is 42.5 Å². The summed E-state index contributed by atoms with van der Waals surface area (Å²) < 4.78 is 11.3. The Morgan fingerprint density at radius 3 is 2.29 bits per heavy atom. The van der Waals surface area contributed by atoms with Gasteiger partial charge in [-0.05, 0) is 28.7 Å². The normalized spacial score (nSPS) is 13.8. The van der Waals surface area contributed by atoms with Crippen molar-refractivity contribution < 1.29 is 8.85 Å². The van der Waals surface area contributed by atoms with Gasteiger partial charge >= 0.3 is 9.28 Å². The van der Waals surface area contributed by atoms with Crippen molar-refractivity contribution in [2.45, 2.75) is 32.2 Å². The Bertz CT molecular complexity index is 585. The van der Waals surface area contributed by atoms with Gasteiger partial charge < -0.3 is 8.85 Å². The van der Waals surface area contributed by atoms with E-state index in [9.17, 15) is 0 Å². The molecule has 0 spiro atoms. The molecule has 0 aliphatic rings. The monoisotopic (exact) mass is 302 g/mol. The Balaban J connectivity index is 2.27. The van der Waals surface area contributed by atoms with Crippen LogP contribution in [0.2, 0.25) is 5.04 Å². The fourth-order valence-electron chi connectivity index (χ4n) is 3.00. The molecule has 1 atom stereocenters. The van der Waals surface area contributed by atoms with Crippen LogP contribution in [0.25, 0.3) is 10.8 Å². The summed E-state index contributed by atoms with van der Waals surface area (Å²) in [6, 6.07) is 15.2. The SMILES string of the molecule is CO[SiH](OC)C(C)(C)C(C)Cc1cccc2ccccc12. The van der Waals surface area contributed by atoms with E-state index >= 15 is 0 Å². The van der Waals surface area contributed by atoms with Crippen molar-refractivity contribution in [3.63, 3.8) is 0 Å². The summed E-state index contributed by atoms with van der Waals surface area (Å²) in [5.74, 6) is 0.500. The molecule has 2 rings (SSSR count). The second-order valence-corrected chi connectivity index (χ2v) is 9.46. The van der Waals surface area contributed by atoms with Gasteiger partial charge in [0.05, 0.1) is 0 Å². The van der Waals surface area contributed by atoms with Crippen molar-refractivity contribution >= 4 is 20.1 Å². The van der Waals surface area contributed by atoms with Gasteiger partial charge in [0.1, 0.15) is 0 Å². The zero-order valence-electron chi connectivity index (χ0n) is 13.7. The van der Waals surface area contributed by atoms with E-state index in [1.54, 1.807) is 14.2 Å². The molecule has 0 saturated carbocycles. The van der Waals surface area contributed by atoms with Gasteiger partial charge in [-0.3, -0.25) is 0 Å². The van der Waals surface area contributed by atoms with E-state index in [1.807, 2.05) is 0 Å². The van der Waals surface area contributed by atoms with E-state index in [0.29, 0.717) is 5.92 Å². The third kappa shape index (κ3) is 3.36. The fraction of sp³-hybridized carbons (Fsp3) is 0.444. The minimum Gasteiger partial charge on any atom is -0.400 e. The van der Waals surface area contributed by atoms with Gasteiger partial charge in [0, 0.05) is 19.3 Å². The van der Waals surface area contributed by atoms with Crippen LogP contribution in [-0.4, -0.2) is 23.5 Å². The molecule has 0 saturated heterocycles. The first-order valence-corrected chi connectivity index (χ1v) is 9.05. The number of hydrogen-bond donors (Lipinski definition) is 0. The van der Waals surface area contributed by atoms with Gasteiger partial charge in [-0.15, -0.1) is 0 Å². The molecule has 3 heteroatoms. The van der Waals surface area contributed by atoms with Crippen LogP contribution in [-0.2, 0) is 15.3 Å². The predicted octanol–water partition coefficient (Wildman–Crippen LogP) is 4.31. The first-order chi connectivity index (χ1) is 10.0. The maximum Gasteiger partial charge on any atom is 0.327 e.